The molecule has 4 nitrogen and oxygen atoms in total. The summed E-state index contributed by atoms with van der Waals surface area (Å²) in [6, 6.07) is 8.47. The fourth-order valence-corrected chi connectivity index (χ4v) is 3.98. The van der Waals surface area contributed by atoms with Crippen LogP contribution in [0.15, 0.2) is 24.3 Å². The third-order valence-electron chi connectivity index (χ3n) is 4.40. The van der Waals surface area contributed by atoms with Gasteiger partial charge in [-0.25, -0.2) is 0 Å². The Bertz CT molecular complexity index is 621. The van der Waals surface area contributed by atoms with Crippen LogP contribution in [-0.4, -0.2) is 30.4 Å². The summed E-state index contributed by atoms with van der Waals surface area (Å²) in [5.74, 6) is 2.22. The van der Waals surface area contributed by atoms with Crippen molar-refractivity contribution in [2.75, 3.05) is 25.1 Å². The van der Waals surface area contributed by atoms with Gasteiger partial charge in [0.25, 0.3) is 0 Å². The van der Waals surface area contributed by atoms with Gasteiger partial charge in [-0.2, -0.15) is 0 Å². The highest BCUT2D eigenvalue weighted by atomic mass is 32.1. The molecule has 1 saturated heterocycles. The zero-order valence-corrected chi connectivity index (χ0v) is 13.0. The lowest BCUT2D eigenvalue weighted by Crippen LogP contribution is -2.18. The molecule has 110 valence electrons. The van der Waals surface area contributed by atoms with Crippen molar-refractivity contribution in [2.45, 2.75) is 31.1 Å². The largest absolute Gasteiger partial charge is 0.497 e. The number of methoxy groups -OCH3 is 1. The lowest BCUT2D eigenvalue weighted by molar-refractivity contribution is 0.414. The van der Waals surface area contributed by atoms with Crippen LogP contribution < -0.4 is 9.64 Å². The molecule has 1 aliphatic carbocycles. The summed E-state index contributed by atoms with van der Waals surface area (Å²) in [6.07, 6.45) is 3.77. The molecule has 0 radical (unpaired) electrons. The highest BCUT2D eigenvalue weighted by Crippen LogP contribution is 2.43. The van der Waals surface area contributed by atoms with Crippen molar-refractivity contribution in [3.8, 4) is 5.75 Å². The van der Waals surface area contributed by atoms with E-state index >= 15 is 0 Å². The van der Waals surface area contributed by atoms with Crippen molar-refractivity contribution in [3.63, 3.8) is 0 Å². The molecule has 0 spiro atoms. The standard InChI is InChI=1S/C16H19N3OS/c1-20-14-6-4-11(5-7-14)13-8-9-19(10-13)16-18-17-15(21-16)12-2-3-12/h4-7,12-13H,2-3,8-10H2,1H3/t13-/m0/s1. The highest BCUT2D eigenvalue weighted by molar-refractivity contribution is 7.15. The molecule has 0 bridgehead atoms. The molecule has 1 atom stereocenters. The molecule has 2 heterocycles. The number of nitrogens with zero attached hydrogens (tertiary/aromatic N) is 3. The molecule has 5 heteroatoms. The van der Waals surface area contributed by atoms with Crippen molar-refractivity contribution in [2.24, 2.45) is 0 Å². The van der Waals surface area contributed by atoms with E-state index in [9.17, 15) is 0 Å². The van der Waals surface area contributed by atoms with Gasteiger partial charge in [0, 0.05) is 24.9 Å². The second-order valence-corrected chi connectivity index (χ2v) is 6.89. The summed E-state index contributed by atoms with van der Waals surface area (Å²) in [4.78, 5) is 2.39. The van der Waals surface area contributed by atoms with E-state index in [-0.39, 0.29) is 0 Å². The molecule has 2 fully saturated rings. The summed E-state index contributed by atoms with van der Waals surface area (Å²) >= 11 is 1.79. The summed E-state index contributed by atoms with van der Waals surface area (Å²) in [5, 5.41) is 11.1. The van der Waals surface area contributed by atoms with Crippen molar-refractivity contribution < 1.29 is 4.74 Å². The predicted octanol–water partition coefficient (Wildman–Crippen LogP) is 3.42. The first-order valence-electron chi connectivity index (χ1n) is 7.56. The Kier molecular flexibility index (Phi) is 3.30. The van der Waals surface area contributed by atoms with E-state index in [2.05, 4.69) is 27.2 Å². The Morgan fingerprint density at radius 1 is 1.10 bits per heavy atom. The van der Waals surface area contributed by atoms with Crippen LogP contribution in [0.5, 0.6) is 5.75 Å². The summed E-state index contributed by atoms with van der Waals surface area (Å²) in [6.45, 7) is 2.13. The number of hydrogen-bond donors (Lipinski definition) is 0. The molecule has 1 aromatic carbocycles. The van der Waals surface area contributed by atoms with E-state index < -0.39 is 0 Å². The van der Waals surface area contributed by atoms with Crippen LogP contribution >= 0.6 is 11.3 Å². The van der Waals surface area contributed by atoms with E-state index in [4.69, 9.17) is 4.74 Å². The molecule has 1 aromatic heterocycles. The molecular weight excluding hydrogens is 282 g/mol. The van der Waals surface area contributed by atoms with Gasteiger partial charge in [0.05, 0.1) is 7.11 Å². The van der Waals surface area contributed by atoms with Crippen molar-refractivity contribution in [1.29, 1.82) is 0 Å². The van der Waals surface area contributed by atoms with Crippen molar-refractivity contribution >= 4 is 16.5 Å². The topological polar surface area (TPSA) is 38.2 Å². The molecular formula is C16H19N3OS. The Morgan fingerprint density at radius 2 is 1.90 bits per heavy atom. The Labute approximate surface area is 128 Å². The van der Waals surface area contributed by atoms with E-state index in [0.29, 0.717) is 11.8 Å². The van der Waals surface area contributed by atoms with Crippen LogP contribution in [0.3, 0.4) is 0 Å². The summed E-state index contributed by atoms with van der Waals surface area (Å²) in [5.41, 5.74) is 1.39. The van der Waals surface area contributed by atoms with Crippen LogP contribution in [0.2, 0.25) is 0 Å². The van der Waals surface area contributed by atoms with E-state index in [1.807, 2.05) is 12.1 Å². The second-order valence-electron chi connectivity index (χ2n) is 5.90. The van der Waals surface area contributed by atoms with Gasteiger partial charge in [-0.1, -0.05) is 23.5 Å². The zero-order chi connectivity index (χ0) is 14.2. The van der Waals surface area contributed by atoms with Gasteiger partial charge in [0.1, 0.15) is 10.8 Å². The first-order chi connectivity index (χ1) is 10.3. The molecule has 2 aromatic rings. The maximum absolute atomic E-state index is 5.23. The van der Waals surface area contributed by atoms with E-state index in [0.717, 1.165) is 24.0 Å². The number of anilines is 1. The zero-order valence-electron chi connectivity index (χ0n) is 12.2. The van der Waals surface area contributed by atoms with Gasteiger partial charge < -0.3 is 9.64 Å². The second kappa shape index (κ2) is 5.30. The van der Waals surface area contributed by atoms with E-state index in [1.54, 1.807) is 18.4 Å². The molecule has 0 amide bonds. The fourth-order valence-electron chi connectivity index (χ4n) is 2.93. The molecule has 1 saturated carbocycles. The van der Waals surface area contributed by atoms with Crippen LogP contribution in [0, 0.1) is 0 Å². The minimum absolute atomic E-state index is 0.587. The van der Waals surface area contributed by atoms with Crippen LogP contribution in [-0.2, 0) is 0 Å². The minimum Gasteiger partial charge on any atom is -0.497 e. The van der Waals surface area contributed by atoms with Crippen molar-refractivity contribution in [1.82, 2.24) is 10.2 Å². The lowest BCUT2D eigenvalue weighted by atomic mass is 9.98. The molecule has 1 aliphatic heterocycles. The summed E-state index contributed by atoms with van der Waals surface area (Å²) in [7, 11) is 1.71. The Balaban J connectivity index is 1.45. The molecule has 4 rings (SSSR count). The van der Waals surface area contributed by atoms with Crippen LogP contribution in [0.4, 0.5) is 5.13 Å². The fraction of sp³-hybridized carbons (Fsp3) is 0.500. The smallest absolute Gasteiger partial charge is 0.208 e. The van der Waals surface area contributed by atoms with Gasteiger partial charge in [-0.3, -0.25) is 0 Å². The van der Waals surface area contributed by atoms with Crippen molar-refractivity contribution in [3.05, 3.63) is 34.8 Å². The third-order valence-corrected chi connectivity index (χ3v) is 5.55. The Morgan fingerprint density at radius 3 is 2.62 bits per heavy atom. The normalized spacial score (nSPS) is 21.8. The third kappa shape index (κ3) is 2.62. The Hall–Kier alpha value is -1.62. The van der Waals surface area contributed by atoms with Gasteiger partial charge in [-0.15, -0.1) is 10.2 Å². The molecule has 0 N–H and O–H groups in total. The SMILES string of the molecule is COc1ccc([C@H]2CCN(c3nnc(C4CC4)s3)C2)cc1. The van der Waals surface area contributed by atoms with E-state index in [1.165, 1.54) is 29.8 Å². The number of aromatic nitrogens is 2. The maximum atomic E-state index is 5.23. The monoisotopic (exact) mass is 301 g/mol. The minimum atomic E-state index is 0.587. The molecule has 2 aliphatic rings. The number of hydrogen-bond acceptors (Lipinski definition) is 5. The first kappa shape index (κ1) is 13.1. The highest BCUT2D eigenvalue weighted by Gasteiger charge is 2.30. The van der Waals surface area contributed by atoms with Gasteiger partial charge in [-0.05, 0) is 37.0 Å². The maximum Gasteiger partial charge on any atom is 0.208 e. The predicted molar refractivity (Wildman–Crippen MR) is 84.4 cm³/mol. The lowest BCUT2D eigenvalue weighted by Gasteiger charge is -2.14. The van der Waals surface area contributed by atoms with Gasteiger partial charge in [0.2, 0.25) is 5.13 Å². The number of benzene rings is 1. The number of ether oxygens (including phenoxy) is 1. The number of rotatable bonds is 4. The average Bonchev–Trinajstić information content (AvgIpc) is 3.07. The molecule has 21 heavy (non-hydrogen) atoms. The van der Waals surface area contributed by atoms with Crippen LogP contribution in [0.25, 0.3) is 0 Å². The quantitative estimate of drug-likeness (QED) is 0.867. The van der Waals surface area contributed by atoms with Crippen LogP contribution in [0.1, 0.15) is 41.7 Å². The first-order valence-corrected chi connectivity index (χ1v) is 8.37. The van der Waals surface area contributed by atoms with Gasteiger partial charge in [0.15, 0.2) is 0 Å². The average molecular weight is 301 g/mol. The molecule has 0 unspecified atom stereocenters. The summed E-state index contributed by atoms with van der Waals surface area (Å²) < 4.78 is 5.23. The van der Waals surface area contributed by atoms with Gasteiger partial charge >= 0.3 is 0 Å².